The molecule has 3 N–H and O–H groups in total. The second-order valence-corrected chi connectivity index (χ2v) is 3.45. The van der Waals surface area contributed by atoms with Crippen molar-refractivity contribution in [1.29, 1.82) is 0 Å². The van der Waals surface area contributed by atoms with Crippen molar-refractivity contribution in [3.63, 3.8) is 0 Å². The van der Waals surface area contributed by atoms with E-state index in [1.54, 1.807) is 0 Å². The fourth-order valence-electron chi connectivity index (χ4n) is 1.31. The van der Waals surface area contributed by atoms with Crippen molar-refractivity contribution in [2.45, 2.75) is 13.0 Å². The number of carboxylic acids is 1. The Bertz CT molecular complexity index is 338. The van der Waals surface area contributed by atoms with Crippen LogP contribution in [-0.2, 0) is 4.79 Å². The molecule has 0 aliphatic heterocycles. The Morgan fingerprint density at radius 3 is 2.87 bits per heavy atom. The molecule has 0 radical (unpaired) electrons. The fraction of sp³-hybridized carbons (Fsp3) is 0.364. The van der Waals surface area contributed by atoms with Crippen molar-refractivity contribution in [2.75, 3.05) is 13.1 Å². The highest BCUT2D eigenvalue weighted by atomic mass is 16.4. The SMILES string of the molecule is Cc1cccc(C(O)CNCC(=O)O)c1. The summed E-state index contributed by atoms with van der Waals surface area (Å²) in [6.45, 7) is 2.06. The fourth-order valence-corrected chi connectivity index (χ4v) is 1.31. The lowest BCUT2D eigenvalue weighted by atomic mass is 10.1. The summed E-state index contributed by atoms with van der Waals surface area (Å²) in [4.78, 5) is 10.2. The molecule has 82 valence electrons. The van der Waals surface area contributed by atoms with Gasteiger partial charge in [-0.2, -0.15) is 0 Å². The molecule has 1 aromatic rings. The molecular formula is C11H15NO3. The first-order valence-corrected chi connectivity index (χ1v) is 4.76. The van der Waals surface area contributed by atoms with Crippen LogP contribution in [0.4, 0.5) is 0 Å². The van der Waals surface area contributed by atoms with E-state index in [0.29, 0.717) is 0 Å². The minimum atomic E-state index is -0.925. The van der Waals surface area contributed by atoms with Gasteiger partial charge in [0.2, 0.25) is 0 Å². The van der Waals surface area contributed by atoms with Crippen LogP contribution in [0.25, 0.3) is 0 Å². The highest BCUT2D eigenvalue weighted by Gasteiger charge is 2.07. The molecule has 1 unspecified atom stereocenters. The number of aryl methyl sites for hydroxylation is 1. The Morgan fingerprint density at radius 1 is 1.53 bits per heavy atom. The average molecular weight is 209 g/mol. The van der Waals surface area contributed by atoms with Gasteiger partial charge in [-0.25, -0.2) is 0 Å². The maximum absolute atomic E-state index is 10.2. The van der Waals surface area contributed by atoms with Gasteiger partial charge in [-0.3, -0.25) is 4.79 Å². The van der Waals surface area contributed by atoms with E-state index in [4.69, 9.17) is 5.11 Å². The zero-order chi connectivity index (χ0) is 11.3. The molecule has 0 saturated carbocycles. The van der Waals surface area contributed by atoms with Crippen molar-refractivity contribution in [3.8, 4) is 0 Å². The lowest BCUT2D eigenvalue weighted by Crippen LogP contribution is -2.27. The van der Waals surface area contributed by atoms with Crippen molar-refractivity contribution >= 4 is 5.97 Å². The minimum Gasteiger partial charge on any atom is -0.480 e. The maximum atomic E-state index is 10.2. The molecule has 1 aromatic carbocycles. The van der Waals surface area contributed by atoms with Gasteiger partial charge in [0.05, 0.1) is 12.6 Å². The first kappa shape index (κ1) is 11.7. The average Bonchev–Trinajstić information content (AvgIpc) is 2.17. The number of hydrogen-bond donors (Lipinski definition) is 3. The second kappa shape index (κ2) is 5.48. The van der Waals surface area contributed by atoms with E-state index in [9.17, 15) is 9.90 Å². The van der Waals surface area contributed by atoms with Gasteiger partial charge < -0.3 is 15.5 Å². The quantitative estimate of drug-likeness (QED) is 0.667. The largest absolute Gasteiger partial charge is 0.480 e. The van der Waals surface area contributed by atoms with Gasteiger partial charge in [-0.1, -0.05) is 29.8 Å². The normalized spacial score (nSPS) is 12.4. The van der Waals surface area contributed by atoms with E-state index in [1.165, 1.54) is 0 Å². The predicted octanol–water partition coefficient (Wildman–Crippen LogP) is 0.703. The molecule has 0 spiro atoms. The van der Waals surface area contributed by atoms with Gasteiger partial charge in [0.1, 0.15) is 0 Å². The van der Waals surface area contributed by atoms with Gasteiger partial charge in [-0.05, 0) is 12.5 Å². The molecule has 0 fully saturated rings. The summed E-state index contributed by atoms with van der Waals surface area (Å²) in [6, 6.07) is 7.51. The van der Waals surface area contributed by atoms with Crippen LogP contribution in [0, 0.1) is 6.92 Å². The summed E-state index contributed by atoms with van der Waals surface area (Å²) in [6.07, 6.45) is -0.663. The van der Waals surface area contributed by atoms with Crippen molar-refractivity contribution in [2.24, 2.45) is 0 Å². The Hall–Kier alpha value is -1.39. The number of aliphatic carboxylic acids is 1. The number of nitrogens with one attached hydrogen (secondary N) is 1. The van der Waals surface area contributed by atoms with E-state index in [2.05, 4.69) is 5.32 Å². The number of benzene rings is 1. The minimum absolute atomic E-state index is 0.136. The molecule has 0 aromatic heterocycles. The number of hydrogen-bond acceptors (Lipinski definition) is 3. The van der Waals surface area contributed by atoms with E-state index < -0.39 is 12.1 Å². The van der Waals surface area contributed by atoms with Crippen LogP contribution in [0.1, 0.15) is 17.2 Å². The first-order valence-electron chi connectivity index (χ1n) is 4.76. The van der Waals surface area contributed by atoms with E-state index in [-0.39, 0.29) is 13.1 Å². The zero-order valence-electron chi connectivity index (χ0n) is 8.60. The van der Waals surface area contributed by atoms with Gasteiger partial charge >= 0.3 is 5.97 Å². The van der Waals surface area contributed by atoms with Crippen molar-refractivity contribution in [3.05, 3.63) is 35.4 Å². The van der Waals surface area contributed by atoms with Crippen LogP contribution < -0.4 is 5.32 Å². The molecule has 15 heavy (non-hydrogen) atoms. The Morgan fingerprint density at radius 2 is 2.27 bits per heavy atom. The number of carbonyl (C=O) groups is 1. The van der Waals surface area contributed by atoms with E-state index in [1.807, 2.05) is 31.2 Å². The summed E-state index contributed by atoms with van der Waals surface area (Å²) >= 11 is 0. The third kappa shape index (κ3) is 4.10. The number of aliphatic hydroxyl groups is 1. The lowest BCUT2D eigenvalue weighted by Gasteiger charge is -2.11. The molecule has 1 rings (SSSR count). The summed E-state index contributed by atoms with van der Waals surface area (Å²) in [5, 5.41) is 20.8. The Kier molecular flexibility index (Phi) is 4.27. The lowest BCUT2D eigenvalue weighted by molar-refractivity contribution is -0.136. The van der Waals surface area contributed by atoms with Crippen LogP contribution in [0.5, 0.6) is 0 Å². The molecule has 0 bridgehead atoms. The molecule has 0 aliphatic carbocycles. The van der Waals surface area contributed by atoms with Gasteiger partial charge in [0.25, 0.3) is 0 Å². The molecule has 0 aliphatic rings. The summed E-state index contributed by atoms with van der Waals surface area (Å²) in [7, 11) is 0. The Labute approximate surface area is 88.6 Å². The standard InChI is InChI=1S/C11H15NO3/c1-8-3-2-4-9(5-8)10(13)6-12-7-11(14)15/h2-5,10,12-13H,6-7H2,1H3,(H,14,15). The monoisotopic (exact) mass is 209 g/mol. The molecule has 1 atom stereocenters. The second-order valence-electron chi connectivity index (χ2n) is 3.45. The van der Waals surface area contributed by atoms with Crippen LogP contribution in [-0.4, -0.2) is 29.3 Å². The van der Waals surface area contributed by atoms with Crippen LogP contribution in [0.2, 0.25) is 0 Å². The predicted molar refractivity (Wildman–Crippen MR) is 56.6 cm³/mol. The van der Waals surface area contributed by atoms with Crippen molar-refractivity contribution < 1.29 is 15.0 Å². The van der Waals surface area contributed by atoms with Gasteiger partial charge in [-0.15, -0.1) is 0 Å². The number of rotatable bonds is 5. The van der Waals surface area contributed by atoms with Crippen LogP contribution in [0.15, 0.2) is 24.3 Å². The molecule has 0 saturated heterocycles. The Balaban J connectivity index is 2.46. The topological polar surface area (TPSA) is 69.6 Å². The van der Waals surface area contributed by atoms with Gasteiger partial charge in [0, 0.05) is 6.54 Å². The zero-order valence-corrected chi connectivity index (χ0v) is 8.60. The van der Waals surface area contributed by atoms with Crippen molar-refractivity contribution in [1.82, 2.24) is 5.32 Å². The summed E-state index contributed by atoms with van der Waals surface area (Å²) in [5.74, 6) is -0.925. The highest BCUT2D eigenvalue weighted by molar-refractivity contribution is 5.68. The maximum Gasteiger partial charge on any atom is 0.317 e. The molecule has 4 heteroatoms. The molecular weight excluding hydrogens is 194 g/mol. The molecule has 4 nitrogen and oxygen atoms in total. The number of carboxylic acid groups (broad SMARTS) is 1. The summed E-state index contributed by atoms with van der Waals surface area (Å²) in [5.41, 5.74) is 1.87. The third-order valence-electron chi connectivity index (χ3n) is 2.04. The first-order chi connectivity index (χ1) is 7.09. The van der Waals surface area contributed by atoms with Gasteiger partial charge in [0.15, 0.2) is 0 Å². The van der Waals surface area contributed by atoms with Crippen LogP contribution in [0.3, 0.4) is 0 Å². The van der Waals surface area contributed by atoms with E-state index in [0.717, 1.165) is 11.1 Å². The highest BCUT2D eigenvalue weighted by Crippen LogP contribution is 2.12. The smallest absolute Gasteiger partial charge is 0.317 e. The van der Waals surface area contributed by atoms with Crippen LogP contribution >= 0.6 is 0 Å². The number of aliphatic hydroxyl groups excluding tert-OH is 1. The van der Waals surface area contributed by atoms with E-state index >= 15 is 0 Å². The molecule has 0 heterocycles. The summed E-state index contributed by atoms with van der Waals surface area (Å²) < 4.78 is 0. The third-order valence-corrected chi connectivity index (χ3v) is 2.04. The molecule has 0 amide bonds.